The second-order valence-electron chi connectivity index (χ2n) is 5.90. The molecule has 5 nitrogen and oxygen atoms in total. The van der Waals surface area contributed by atoms with E-state index in [9.17, 15) is 9.59 Å². The molecule has 1 N–H and O–H groups in total. The van der Waals surface area contributed by atoms with E-state index >= 15 is 0 Å². The van der Waals surface area contributed by atoms with Gasteiger partial charge in [-0.05, 0) is 35.2 Å². The second kappa shape index (κ2) is 6.84. The van der Waals surface area contributed by atoms with E-state index in [-0.39, 0.29) is 11.5 Å². The van der Waals surface area contributed by atoms with Crippen LogP contribution in [0, 0.1) is 0 Å². The zero-order chi connectivity index (χ0) is 17.1. The molecule has 0 aromatic heterocycles. The Balaban J connectivity index is 1.72. The summed E-state index contributed by atoms with van der Waals surface area (Å²) in [5, 5.41) is 8.93. The molecular formula is C19H19NO4. The Labute approximate surface area is 140 Å². The molecule has 1 amide bonds. The average Bonchev–Trinajstić information content (AvgIpc) is 2.61. The number of carboxylic acids is 1. The van der Waals surface area contributed by atoms with Gasteiger partial charge in [-0.3, -0.25) is 4.79 Å². The van der Waals surface area contributed by atoms with Crippen molar-refractivity contribution in [2.75, 3.05) is 13.7 Å². The molecule has 2 aromatic rings. The smallest absolute Gasteiger partial charge is 0.335 e. The third-order valence-electron chi connectivity index (χ3n) is 4.21. The van der Waals surface area contributed by atoms with Crippen molar-refractivity contribution in [3.05, 3.63) is 70.8 Å². The van der Waals surface area contributed by atoms with Crippen LogP contribution < -0.4 is 0 Å². The Morgan fingerprint density at radius 1 is 1.17 bits per heavy atom. The molecule has 1 heterocycles. The molecule has 0 bridgehead atoms. The summed E-state index contributed by atoms with van der Waals surface area (Å²) in [6.07, 6.45) is 0.249. The molecule has 2 aromatic carbocycles. The highest BCUT2D eigenvalue weighted by atomic mass is 16.5. The third kappa shape index (κ3) is 3.31. The van der Waals surface area contributed by atoms with Gasteiger partial charge < -0.3 is 14.7 Å². The Morgan fingerprint density at radius 2 is 1.88 bits per heavy atom. The molecule has 3 rings (SSSR count). The van der Waals surface area contributed by atoms with Crippen molar-refractivity contribution in [3.63, 3.8) is 0 Å². The Bertz CT molecular complexity index is 754. The van der Waals surface area contributed by atoms with Gasteiger partial charge in [0.15, 0.2) is 6.10 Å². The maximum Gasteiger partial charge on any atom is 0.335 e. The SMILES string of the molecule is CN(Cc1ccc(C(=O)O)cc1)C(=O)[C@@H]1OCCc2ccccc21. The average molecular weight is 325 g/mol. The van der Waals surface area contributed by atoms with Gasteiger partial charge in [-0.2, -0.15) is 0 Å². The van der Waals surface area contributed by atoms with Crippen LogP contribution in [0.25, 0.3) is 0 Å². The summed E-state index contributed by atoms with van der Waals surface area (Å²) in [5.41, 5.74) is 3.19. The lowest BCUT2D eigenvalue weighted by atomic mass is 9.97. The Morgan fingerprint density at radius 3 is 2.58 bits per heavy atom. The second-order valence-corrected chi connectivity index (χ2v) is 5.90. The first kappa shape index (κ1) is 16.2. The standard InChI is InChI=1S/C19H19NO4/c1-20(12-13-6-8-15(9-7-13)19(22)23)18(21)17-16-5-3-2-4-14(16)10-11-24-17/h2-9,17H,10-12H2,1H3,(H,22,23)/t17-/m1/s1. The summed E-state index contributed by atoms with van der Waals surface area (Å²) in [7, 11) is 1.73. The minimum atomic E-state index is -0.960. The van der Waals surface area contributed by atoms with Crippen LogP contribution in [0.2, 0.25) is 0 Å². The number of likely N-dealkylation sites (N-methyl/N-ethyl adjacent to an activating group) is 1. The van der Waals surface area contributed by atoms with Crippen molar-refractivity contribution in [2.24, 2.45) is 0 Å². The molecule has 0 radical (unpaired) electrons. The lowest BCUT2D eigenvalue weighted by Gasteiger charge is -2.29. The van der Waals surface area contributed by atoms with E-state index in [4.69, 9.17) is 9.84 Å². The highest BCUT2D eigenvalue weighted by molar-refractivity contribution is 5.87. The Kier molecular flexibility index (Phi) is 4.62. The van der Waals surface area contributed by atoms with Gasteiger partial charge in [0.1, 0.15) is 0 Å². The lowest BCUT2D eigenvalue weighted by molar-refractivity contribution is -0.144. The first-order valence-corrected chi connectivity index (χ1v) is 7.83. The normalized spacial score (nSPS) is 16.3. The minimum absolute atomic E-state index is 0.0931. The van der Waals surface area contributed by atoms with E-state index in [1.165, 1.54) is 0 Å². The minimum Gasteiger partial charge on any atom is -0.478 e. The summed E-state index contributed by atoms with van der Waals surface area (Å²) in [4.78, 5) is 25.2. The summed E-state index contributed by atoms with van der Waals surface area (Å²) in [5.74, 6) is -1.05. The summed E-state index contributed by atoms with van der Waals surface area (Å²) < 4.78 is 5.71. The number of rotatable bonds is 4. The fourth-order valence-corrected chi connectivity index (χ4v) is 2.90. The van der Waals surface area contributed by atoms with Crippen molar-refractivity contribution < 1.29 is 19.4 Å². The van der Waals surface area contributed by atoms with Crippen LogP contribution >= 0.6 is 0 Å². The quantitative estimate of drug-likeness (QED) is 0.938. The highest BCUT2D eigenvalue weighted by Crippen LogP contribution is 2.28. The molecule has 5 heteroatoms. The number of hydrogen-bond donors (Lipinski definition) is 1. The number of benzene rings is 2. The monoisotopic (exact) mass is 325 g/mol. The van der Waals surface area contributed by atoms with Crippen molar-refractivity contribution in [2.45, 2.75) is 19.1 Å². The largest absolute Gasteiger partial charge is 0.478 e. The van der Waals surface area contributed by atoms with E-state index in [2.05, 4.69) is 0 Å². The van der Waals surface area contributed by atoms with Crippen molar-refractivity contribution in [3.8, 4) is 0 Å². The van der Waals surface area contributed by atoms with Crippen LogP contribution in [0.3, 0.4) is 0 Å². The van der Waals surface area contributed by atoms with Gasteiger partial charge in [-0.1, -0.05) is 36.4 Å². The molecule has 1 aliphatic heterocycles. The predicted molar refractivity (Wildman–Crippen MR) is 88.7 cm³/mol. The number of hydrogen-bond acceptors (Lipinski definition) is 3. The molecular weight excluding hydrogens is 306 g/mol. The molecule has 1 atom stereocenters. The van der Waals surface area contributed by atoms with Crippen LogP contribution in [0.5, 0.6) is 0 Å². The van der Waals surface area contributed by atoms with Crippen LogP contribution in [0.4, 0.5) is 0 Å². The van der Waals surface area contributed by atoms with E-state index in [1.807, 2.05) is 24.3 Å². The molecule has 0 saturated heterocycles. The molecule has 0 saturated carbocycles. The van der Waals surface area contributed by atoms with E-state index < -0.39 is 12.1 Å². The van der Waals surface area contributed by atoms with E-state index in [0.717, 1.165) is 23.1 Å². The van der Waals surface area contributed by atoms with E-state index in [0.29, 0.717) is 13.2 Å². The fraction of sp³-hybridized carbons (Fsp3) is 0.263. The summed E-state index contributed by atoms with van der Waals surface area (Å²) >= 11 is 0. The number of aromatic carboxylic acids is 1. The molecule has 0 spiro atoms. The molecule has 24 heavy (non-hydrogen) atoms. The van der Waals surface area contributed by atoms with Gasteiger partial charge in [0.2, 0.25) is 0 Å². The number of nitrogens with zero attached hydrogens (tertiary/aromatic N) is 1. The number of ether oxygens (including phenoxy) is 1. The number of fused-ring (bicyclic) bond motifs is 1. The number of amides is 1. The maximum atomic E-state index is 12.7. The highest BCUT2D eigenvalue weighted by Gasteiger charge is 2.29. The zero-order valence-corrected chi connectivity index (χ0v) is 13.4. The Hall–Kier alpha value is -2.66. The van der Waals surface area contributed by atoms with Gasteiger partial charge in [0, 0.05) is 13.6 Å². The number of carbonyl (C=O) groups excluding carboxylic acids is 1. The number of carbonyl (C=O) groups is 2. The van der Waals surface area contributed by atoms with Gasteiger partial charge in [0.05, 0.1) is 12.2 Å². The third-order valence-corrected chi connectivity index (χ3v) is 4.21. The molecule has 124 valence electrons. The first-order chi connectivity index (χ1) is 11.6. The summed E-state index contributed by atoms with van der Waals surface area (Å²) in [6, 6.07) is 14.4. The van der Waals surface area contributed by atoms with Crippen molar-refractivity contribution >= 4 is 11.9 Å². The maximum absolute atomic E-state index is 12.7. The van der Waals surface area contributed by atoms with Gasteiger partial charge in [0.25, 0.3) is 5.91 Å². The summed E-state index contributed by atoms with van der Waals surface area (Å²) in [6.45, 7) is 0.940. The zero-order valence-electron chi connectivity index (χ0n) is 13.4. The van der Waals surface area contributed by atoms with Crippen LogP contribution in [0.15, 0.2) is 48.5 Å². The molecule has 0 unspecified atom stereocenters. The van der Waals surface area contributed by atoms with Gasteiger partial charge in [-0.15, -0.1) is 0 Å². The van der Waals surface area contributed by atoms with Crippen LogP contribution in [-0.4, -0.2) is 35.5 Å². The van der Waals surface area contributed by atoms with Crippen LogP contribution in [-0.2, 0) is 22.5 Å². The van der Waals surface area contributed by atoms with Crippen molar-refractivity contribution in [1.82, 2.24) is 4.90 Å². The number of carboxylic acid groups (broad SMARTS) is 1. The molecule has 0 fully saturated rings. The topological polar surface area (TPSA) is 66.8 Å². The van der Waals surface area contributed by atoms with Gasteiger partial charge in [-0.25, -0.2) is 4.79 Å². The van der Waals surface area contributed by atoms with Gasteiger partial charge >= 0.3 is 5.97 Å². The van der Waals surface area contributed by atoms with Crippen molar-refractivity contribution in [1.29, 1.82) is 0 Å². The predicted octanol–water partition coefficient (Wildman–Crippen LogP) is 2.66. The van der Waals surface area contributed by atoms with Crippen LogP contribution in [0.1, 0.15) is 33.2 Å². The lowest BCUT2D eigenvalue weighted by Crippen LogP contribution is -2.35. The first-order valence-electron chi connectivity index (χ1n) is 7.83. The van der Waals surface area contributed by atoms with E-state index in [1.54, 1.807) is 36.2 Å². The molecule has 0 aliphatic carbocycles. The molecule has 1 aliphatic rings. The fourth-order valence-electron chi connectivity index (χ4n) is 2.90.